The summed E-state index contributed by atoms with van der Waals surface area (Å²) in [5.74, 6) is -0.441. The van der Waals surface area contributed by atoms with Crippen LogP contribution in [-0.4, -0.2) is 31.9 Å². The molecule has 1 aliphatic heterocycles. The van der Waals surface area contributed by atoms with E-state index in [2.05, 4.69) is 0 Å². The molecule has 1 aliphatic rings. The Balaban J connectivity index is 1.92. The smallest absolute Gasteiger partial charge is 0.243 e. The Labute approximate surface area is 148 Å². The Morgan fingerprint density at radius 2 is 1.80 bits per heavy atom. The van der Waals surface area contributed by atoms with Gasteiger partial charge in [0, 0.05) is 12.6 Å². The molecule has 4 nitrogen and oxygen atoms in total. The molecule has 1 heterocycles. The van der Waals surface area contributed by atoms with Crippen LogP contribution in [0.15, 0.2) is 47.4 Å². The van der Waals surface area contributed by atoms with E-state index in [1.54, 1.807) is 6.92 Å². The second kappa shape index (κ2) is 6.86. The number of halogens is 1. The van der Waals surface area contributed by atoms with Gasteiger partial charge in [-0.25, -0.2) is 12.8 Å². The fourth-order valence-electron chi connectivity index (χ4n) is 3.08. The van der Waals surface area contributed by atoms with E-state index in [1.165, 1.54) is 22.5 Å². The SMILES string of the molecule is Cc1ccc(C2CN(S(=O)(=O)c3ccc(F)cc3C)C(C)CO2)cc1. The van der Waals surface area contributed by atoms with E-state index >= 15 is 0 Å². The van der Waals surface area contributed by atoms with Gasteiger partial charge in [-0.2, -0.15) is 4.31 Å². The molecule has 2 atom stereocenters. The number of rotatable bonds is 3. The Hall–Kier alpha value is -1.76. The molecule has 2 unspecified atom stereocenters. The third kappa shape index (κ3) is 3.61. The van der Waals surface area contributed by atoms with E-state index in [9.17, 15) is 12.8 Å². The van der Waals surface area contributed by atoms with Gasteiger partial charge in [-0.3, -0.25) is 0 Å². The van der Waals surface area contributed by atoms with Crippen molar-refractivity contribution in [3.63, 3.8) is 0 Å². The van der Waals surface area contributed by atoms with Crippen molar-refractivity contribution in [3.05, 3.63) is 65.0 Å². The summed E-state index contributed by atoms with van der Waals surface area (Å²) < 4.78 is 46.9. The van der Waals surface area contributed by atoms with Crippen molar-refractivity contribution >= 4 is 10.0 Å². The van der Waals surface area contributed by atoms with Crippen LogP contribution >= 0.6 is 0 Å². The first-order valence-electron chi connectivity index (χ1n) is 8.25. The summed E-state index contributed by atoms with van der Waals surface area (Å²) in [5.41, 5.74) is 2.50. The van der Waals surface area contributed by atoms with Gasteiger partial charge in [0.15, 0.2) is 0 Å². The molecular weight excluding hydrogens is 341 g/mol. The van der Waals surface area contributed by atoms with Crippen LogP contribution in [-0.2, 0) is 14.8 Å². The largest absolute Gasteiger partial charge is 0.370 e. The summed E-state index contributed by atoms with van der Waals surface area (Å²) in [4.78, 5) is 0.144. The van der Waals surface area contributed by atoms with Crippen molar-refractivity contribution in [2.75, 3.05) is 13.2 Å². The number of morpholine rings is 1. The van der Waals surface area contributed by atoms with E-state index in [4.69, 9.17) is 4.74 Å². The lowest BCUT2D eigenvalue weighted by Gasteiger charge is -2.37. The molecule has 3 rings (SSSR count). The van der Waals surface area contributed by atoms with Crippen molar-refractivity contribution in [3.8, 4) is 0 Å². The summed E-state index contributed by atoms with van der Waals surface area (Å²) in [6, 6.07) is 11.4. The van der Waals surface area contributed by atoms with Gasteiger partial charge in [-0.15, -0.1) is 0 Å². The van der Waals surface area contributed by atoms with Crippen molar-refractivity contribution in [1.29, 1.82) is 0 Å². The standard InChI is InChI=1S/C19H22FNO3S/c1-13-4-6-16(7-5-13)18-11-21(15(3)12-24-18)25(22,23)19-9-8-17(20)10-14(19)2/h4-10,15,18H,11-12H2,1-3H3. The lowest BCUT2D eigenvalue weighted by Crippen LogP contribution is -2.48. The van der Waals surface area contributed by atoms with Crippen LogP contribution in [0.3, 0.4) is 0 Å². The Kier molecular flexibility index (Phi) is 4.95. The maximum Gasteiger partial charge on any atom is 0.243 e. The summed E-state index contributed by atoms with van der Waals surface area (Å²) >= 11 is 0. The van der Waals surface area contributed by atoms with Crippen LogP contribution < -0.4 is 0 Å². The molecule has 0 spiro atoms. The minimum Gasteiger partial charge on any atom is -0.370 e. The van der Waals surface area contributed by atoms with Gasteiger partial charge >= 0.3 is 0 Å². The Morgan fingerprint density at radius 1 is 1.12 bits per heavy atom. The average Bonchev–Trinajstić information content (AvgIpc) is 2.55. The number of aryl methyl sites for hydroxylation is 2. The van der Waals surface area contributed by atoms with E-state index < -0.39 is 15.8 Å². The third-order valence-corrected chi connectivity index (χ3v) is 6.69. The third-order valence-electron chi connectivity index (χ3n) is 4.55. The van der Waals surface area contributed by atoms with Crippen molar-refractivity contribution < 1.29 is 17.5 Å². The first-order chi connectivity index (χ1) is 11.8. The molecular formula is C19H22FNO3S. The zero-order chi connectivity index (χ0) is 18.2. The molecule has 0 saturated carbocycles. The van der Waals surface area contributed by atoms with Gasteiger partial charge in [0.25, 0.3) is 0 Å². The first-order valence-corrected chi connectivity index (χ1v) is 9.69. The number of ether oxygens (including phenoxy) is 1. The highest BCUT2D eigenvalue weighted by Crippen LogP contribution is 2.30. The summed E-state index contributed by atoms with van der Waals surface area (Å²) in [6.07, 6.45) is -0.313. The highest BCUT2D eigenvalue weighted by Gasteiger charge is 2.36. The van der Waals surface area contributed by atoms with Gasteiger partial charge in [-0.05, 0) is 50.1 Å². The maximum absolute atomic E-state index is 13.3. The van der Waals surface area contributed by atoms with Crippen LogP contribution in [0.5, 0.6) is 0 Å². The highest BCUT2D eigenvalue weighted by atomic mass is 32.2. The number of benzene rings is 2. The van der Waals surface area contributed by atoms with Crippen LogP contribution in [0.4, 0.5) is 4.39 Å². The molecule has 6 heteroatoms. The average molecular weight is 363 g/mol. The predicted octanol–water partition coefficient (Wildman–Crippen LogP) is 3.59. The van der Waals surface area contributed by atoms with Crippen molar-refractivity contribution in [2.45, 2.75) is 37.8 Å². The molecule has 1 fully saturated rings. The molecule has 0 N–H and O–H groups in total. The van der Waals surface area contributed by atoms with Gasteiger partial charge in [0.1, 0.15) is 5.82 Å². The van der Waals surface area contributed by atoms with Crippen LogP contribution in [0.2, 0.25) is 0 Å². The molecule has 2 aromatic rings. The van der Waals surface area contributed by atoms with Crippen LogP contribution in [0.1, 0.15) is 29.7 Å². The second-order valence-electron chi connectivity index (χ2n) is 6.57. The molecule has 134 valence electrons. The number of nitrogens with zero attached hydrogens (tertiary/aromatic N) is 1. The topological polar surface area (TPSA) is 46.6 Å². The van der Waals surface area contributed by atoms with Gasteiger partial charge in [0.05, 0.1) is 17.6 Å². The van der Waals surface area contributed by atoms with Crippen LogP contribution in [0, 0.1) is 19.7 Å². The second-order valence-corrected chi connectivity index (χ2v) is 8.43. The summed E-state index contributed by atoms with van der Waals surface area (Å²) in [7, 11) is -3.72. The normalized spacial score (nSPS) is 22.1. The lowest BCUT2D eigenvalue weighted by molar-refractivity contribution is -0.0288. The van der Waals surface area contributed by atoms with E-state index in [-0.39, 0.29) is 23.6 Å². The van der Waals surface area contributed by atoms with Crippen molar-refractivity contribution in [1.82, 2.24) is 4.31 Å². The predicted molar refractivity (Wildman–Crippen MR) is 94.4 cm³/mol. The van der Waals surface area contributed by atoms with E-state index in [0.29, 0.717) is 12.2 Å². The van der Waals surface area contributed by atoms with E-state index in [1.807, 2.05) is 38.1 Å². The van der Waals surface area contributed by atoms with Gasteiger partial charge in [-0.1, -0.05) is 29.8 Å². The van der Waals surface area contributed by atoms with E-state index in [0.717, 1.165) is 11.1 Å². The Morgan fingerprint density at radius 3 is 2.44 bits per heavy atom. The first kappa shape index (κ1) is 18.0. The summed E-state index contributed by atoms with van der Waals surface area (Å²) in [6.45, 7) is 5.99. The number of hydrogen-bond donors (Lipinski definition) is 0. The quantitative estimate of drug-likeness (QED) is 0.837. The fraction of sp³-hybridized carbons (Fsp3) is 0.368. The molecule has 25 heavy (non-hydrogen) atoms. The maximum atomic E-state index is 13.3. The Bertz CT molecular complexity index is 865. The molecule has 0 aliphatic carbocycles. The molecule has 2 aromatic carbocycles. The number of hydrogen-bond acceptors (Lipinski definition) is 3. The molecule has 1 saturated heterocycles. The zero-order valence-electron chi connectivity index (χ0n) is 14.6. The monoisotopic (exact) mass is 363 g/mol. The van der Waals surface area contributed by atoms with Gasteiger partial charge in [0.2, 0.25) is 10.0 Å². The zero-order valence-corrected chi connectivity index (χ0v) is 15.4. The minimum atomic E-state index is -3.72. The molecule has 0 bridgehead atoms. The molecule has 0 aromatic heterocycles. The lowest BCUT2D eigenvalue weighted by atomic mass is 10.1. The molecule has 0 amide bonds. The number of sulfonamides is 1. The summed E-state index contributed by atoms with van der Waals surface area (Å²) in [5, 5.41) is 0. The van der Waals surface area contributed by atoms with Crippen molar-refractivity contribution in [2.24, 2.45) is 0 Å². The molecule has 0 radical (unpaired) electrons. The van der Waals surface area contributed by atoms with Gasteiger partial charge < -0.3 is 4.74 Å². The van der Waals surface area contributed by atoms with Crippen LogP contribution in [0.25, 0.3) is 0 Å². The minimum absolute atomic E-state index is 0.144. The fourth-order valence-corrected chi connectivity index (χ4v) is 4.91. The highest BCUT2D eigenvalue weighted by molar-refractivity contribution is 7.89.